The largest absolute Gasteiger partial charge is 0.466 e. The van der Waals surface area contributed by atoms with E-state index in [0.29, 0.717) is 12.3 Å². The third-order valence-corrected chi connectivity index (χ3v) is 4.03. The third kappa shape index (κ3) is 3.85. The molecule has 6 heteroatoms. The van der Waals surface area contributed by atoms with Gasteiger partial charge in [0.25, 0.3) is 5.91 Å². The maximum atomic E-state index is 12.0. The van der Waals surface area contributed by atoms with Crippen molar-refractivity contribution in [1.82, 2.24) is 10.3 Å². The maximum Gasteiger partial charge on any atom is 0.308 e. The Balaban J connectivity index is 1.80. The first-order valence-electron chi connectivity index (χ1n) is 6.91. The van der Waals surface area contributed by atoms with Crippen LogP contribution in [0, 0.1) is 5.92 Å². The molecular formula is C14H19BrN2O3. The highest BCUT2D eigenvalue weighted by atomic mass is 79.9. The molecule has 2 rings (SSSR count). The number of amides is 1. The molecule has 20 heavy (non-hydrogen) atoms. The summed E-state index contributed by atoms with van der Waals surface area (Å²) in [6.07, 6.45) is 4.91. The summed E-state index contributed by atoms with van der Waals surface area (Å²) in [6, 6.07) is 1.88. The number of hydrogen-bond acceptors (Lipinski definition) is 3. The smallest absolute Gasteiger partial charge is 0.308 e. The average Bonchev–Trinajstić information content (AvgIpc) is 2.86. The number of carbonyl (C=O) groups excluding carboxylic acids is 2. The van der Waals surface area contributed by atoms with Crippen molar-refractivity contribution in [2.45, 2.75) is 38.6 Å². The molecule has 0 unspecified atom stereocenters. The minimum Gasteiger partial charge on any atom is -0.466 e. The van der Waals surface area contributed by atoms with Crippen molar-refractivity contribution in [3.63, 3.8) is 0 Å². The van der Waals surface area contributed by atoms with E-state index in [0.717, 1.165) is 30.2 Å². The molecule has 1 amide bonds. The van der Waals surface area contributed by atoms with E-state index in [4.69, 9.17) is 4.74 Å². The van der Waals surface area contributed by atoms with Gasteiger partial charge in [0.2, 0.25) is 0 Å². The molecule has 1 fully saturated rings. The number of H-pyrrole nitrogens is 1. The van der Waals surface area contributed by atoms with Gasteiger partial charge in [0.15, 0.2) is 0 Å². The molecule has 1 aromatic heterocycles. The van der Waals surface area contributed by atoms with Crippen LogP contribution in [0.4, 0.5) is 0 Å². The molecule has 0 aromatic carbocycles. The Labute approximate surface area is 126 Å². The number of nitrogens with one attached hydrogen (secondary N) is 2. The number of hydrogen-bond donors (Lipinski definition) is 2. The van der Waals surface area contributed by atoms with Gasteiger partial charge in [-0.25, -0.2) is 0 Å². The summed E-state index contributed by atoms with van der Waals surface area (Å²) in [7, 11) is 0. The van der Waals surface area contributed by atoms with Crippen LogP contribution in [0.25, 0.3) is 0 Å². The first kappa shape index (κ1) is 15.1. The molecule has 0 aliphatic heterocycles. The van der Waals surface area contributed by atoms with Crippen LogP contribution in [0.5, 0.6) is 0 Å². The van der Waals surface area contributed by atoms with Gasteiger partial charge in [0, 0.05) is 16.7 Å². The molecule has 0 atom stereocenters. The van der Waals surface area contributed by atoms with E-state index in [-0.39, 0.29) is 23.8 Å². The van der Waals surface area contributed by atoms with Crippen LogP contribution in [0.3, 0.4) is 0 Å². The number of esters is 1. The number of aromatic nitrogens is 1. The van der Waals surface area contributed by atoms with Crippen molar-refractivity contribution >= 4 is 27.8 Å². The third-order valence-electron chi connectivity index (χ3n) is 3.57. The topological polar surface area (TPSA) is 71.2 Å². The summed E-state index contributed by atoms with van der Waals surface area (Å²) in [6.45, 7) is 2.25. The summed E-state index contributed by atoms with van der Waals surface area (Å²) >= 11 is 3.30. The molecule has 0 saturated heterocycles. The summed E-state index contributed by atoms with van der Waals surface area (Å²) in [5.74, 6) is -0.219. The molecule has 2 N–H and O–H groups in total. The van der Waals surface area contributed by atoms with Crippen molar-refractivity contribution in [2.75, 3.05) is 6.61 Å². The molecule has 0 radical (unpaired) electrons. The lowest BCUT2D eigenvalue weighted by molar-refractivity contribution is -0.149. The van der Waals surface area contributed by atoms with Gasteiger partial charge in [-0.15, -0.1) is 0 Å². The van der Waals surface area contributed by atoms with Gasteiger partial charge in [-0.3, -0.25) is 9.59 Å². The number of halogens is 1. The molecule has 1 aliphatic rings. The lowest BCUT2D eigenvalue weighted by Crippen LogP contribution is -2.39. The predicted octanol–water partition coefficient (Wildman–Crippen LogP) is 2.63. The minimum absolute atomic E-state index is 0.0114. The summed E-state index contributed by atoms with van der Waals surface area (Å²) < 4.78 is 5.89. The number of rotatable bonds is 4. The predicted molar refractivity (Wildman–Crippen MR) is 78.3 cm³/mol. The van der Waals surface area contributed by atoms with Crippen LogP contribution < -0.4 is 5.32 Å². The normalized spacial score (nSPS) is 22.3. The molecule has 0 bridgehead atoms. The zero-order valence-electron chi connectivity index (χ0n) is 11.4. The lowest BCUT2D eigenvalue weighted by atomic mass is 9.86. The Bertz CT molecular complexity index is 479. The first-order chi connectivity index (χ1) is 9.60. The van der Waals surface area contributed by atoms with Crippen LogP contribution in [-0.4, -0.2) is 29.5 Å². The van der Waals surface area contributed by atoms with Crippen LogP contribution >= 0.6 is 15.9 Å². The Morgan fingerprint density at radius 3 is 2.65 bits per heavy atom. The van der Waals surface area contributed by atoms with Gasteiger partial charge in [0.1, 0.15) is 5.69 Å². The van der Waals surface area contributed by atoms with Crippen LogP contribution in [0.2, 0.25) is 0 Å². The fourth-order valence-electron chi connectivity index (χ4n) is 2.50. The average molecular weight is 343 g/mol. The van der Waals surface area contributed by atoms with Crippen molar-refractivity contribution in [3.05, 3.63) is 22.4 Å². The van der Waals surface area contributed by atoms with Gasteiger partial charge in [-0.1, -0.05) is 0 Å². The van der Waals surface area contributed by atoms with Crippen molar-refractivity contribution in [3.8, 4) is 0 Å². The van der Waals surface area contributed by atoms with Gasteiger partial charge >= 0.3 is 5.97 Å². The lowest BCUT2D eigenvalue weighted by Gasteiger charge is -2.27. The number of ether oxygens (including phenoxy) is 1. The Kier molecular flexibility index (Phi) is 5.23. The van der Waals surface area contributed by atoms with E-state index in [2.05, 4.69) is 26.2 Å². The zero-order valence-corrected chi connectivity index (χ0v) is 13.0. The zero-order chi connectivity index (χ0) is 14.5. The second-order valence-electron chi connectivity index (χ2n) is 5.01. The van der Waals surface area contributed by atoms with Crippen LogP contribution in [0.15, 0.2) is 16.7 Å². The number of aromatic amines is 1. The van der Waals surface area contributed by atoms with Crippen LogP contribution in [0.1, 0.15) is 43.1 Å². The maximum absolute atomic E-state index is 12.0. The Morgan fingerprint density at radius 2 is 2.10 bits per heavy atom. The molecule has 0 spiro atoms. The van der Waals surface area contributed by atoms with E-state index in [1.807, 2.05) is 6.92 Å². The molecule has 1 saturated carbocycles. The Hall–Kier alpha value is -1.30. The quantitative estimate of drug-likeness (QED) is 0.826. The summed E-state index contributed by atoms with van der Waals surface area (Å²) in [5, 5.41) is 3.00. The standard InChI is InChI=1S/C14H19BrN2O3/c1-2-20-14(19)9-3-5-11(6-4-9)17-13(18)12-7-10(15)8-16-12/h7-9,11,16H,2-6H2,1H3,(H,17,18). The van der Waals surface area contributed by atoms with Gasteiger partial charge in [0.05, 0.1) is 12.5 Å². The van der Waals surface area contributed by atoms with E-state index in [1.54, 1.807) is 12.3 Å². The van der Waals surface area contributed by atoms with Gasteiger partial charge < -0.3 is 15.0 Å². The van der Waals surface area contributed by atoms with E-state index in [9.17, 15) is 9.59 Å². The Morgan fingerprint density at radius 1 is 1.40 bits per heavy atom. The highest BCUT2D eigenvalue weighted by molar-refractivity contribution is 9.10. The highest BCUT2D eigenvalue weighted by Crippen LogP contribution is 2.25. The second-order valence-corrected chi connectivity index (χ2v) is 5.92. The number of carbonyl (C=O) groups is 2. The second kappa shape index (κ2) is 6.92. The van der Waals surface area contributed by atoms with E-state index in [1.165, 1.54) is 0 Å². The molecule has 1 heterocycles. The first-order valence-corrected chi connectivity index (χ1v) is 7.71. The summed E-state index contributed by atoms with van der Waals surface area (Å²) in [4.78, 5) is 26.5. The molecule has 1 aromatic rings. The fourth-order valence-corrected chi connectivity index (χ4v) is 2.84. The molecular weight excluding hydrogens is 324 g/mol. The van der Waals surface area contributed by atoms with Crippen molar-refractivity contribution in [2.24, 2.45) is 5.92 Å². The fraction of sp³-hybridized carbons (Fsp3) is 0.571. The van der Waals surface area contributed by atoms with Gasteiger partial charge in [-0.2, -0.15) is 0 Å². The molecule has 110 valence electrons. The molecule has 5 nitrogen and oxygen atoms in total. The minimum atomic E-state index is -0.106. The SMILES string of the molecule is CCOC(=O)C1CCC(NC(=O)c2cc(Br)c[nH]2)CC1. The van der Waals surface area contributed by atoms with Crippen LogP contribution in [-0.2, 0) is 9.53 Å². The monoisotopic (exact) mass is 342 g/mol. The van der Waals surface area contributed by atoms with Gasteiger partial charge in [-0.05, 0) is 54.6 Å². The van der Waals surface area contributed by atoms with E-state index >= 15 is 0 Å². The van der Waals surface area contributed by atoms with Crippen molar-refractivity contribution < 1.29 is 14.3 Å². The van der Waals surface area contributed by atoms with Crippen molar-refractivity contribution in [1.29, 1.82) is 0 Å². The van der Waals surface area contributed by atoms with E-state index < -0.39 is 0 Å². The molecule has 1 aliphatic carbocycles. The summed E-state index contributed by atoms with van der Waals surface area (Å²) in [5.41, 5.74) is 0.546. The highest BCUT2D eigenvalue weighted by Gasteiger charge is 2.28.